The van der Waals surface area contributed by atoms with E-state index < -0.39 is 12.1 Å². The molecule has 0 bridgehead atoms. The molecule has 164 valence electrons. The molecule has 3 rings (SSSR count). The lowest BCUT2D eigenvalue weighted by Crippen LogP contribution is -2.47. The van der Waals surface area contributed by atoms with Crippen molar-refractivity contribution in [2.75, 3.05) is 0 Å². The molecular formula is C21H37N5O3. The molecule has 5 amide bonds. The van der Waals surface area contributed by atoms with E-state index in [0.717, 1.165) is 57.8 Å². The van der Waals surface area contributed by atoms with E-state index in [2.05, 4.69) is 16.0 Å². The van der Waals surface area contributed by atoms with Crippen LogP contribution in [0.3, 0.4) is 0 Å². The predicted molar refractivity (Wildman–Crippen MR) is 111 cm³/mol. The van der Waals surface area contributed by atoms with E-state index in [1.807, 2.05) is 6.92 Å². The van der Waals surface area contributed by atoms with E-state index in [4.69, 9.17) is 11.5 Å². The molecule has 0 aliphatic heterocycles. The highest BCUT2D eigenvalue weighted by atomic mass is 16.2. The van der Waals surface area contributed by atoms with Gasteiger partial charge in [0, 0.05) is 24.5 Å². The third kappa shape index (κ3) is 5.54. The Morgan fingerprint density at radius 3 is 2.21 bits per heavy atom. The number of fused-ring (bicyclic) bond motifs is 3. The summed E-state index contributed by atoms with van der Waals surface area (Å²) in [4.78, 5) is 35.2. The first-order valence-corrected chi connectivity index (χ1v) is 11.3. The Kier molecular flexibility index (Phi) is 7.24. The van der Waals surface area contributed by atoms with Crippen molar-refractivity contribution in [3.63, 3.8) is 0 Å². The van der Waals surface area contributed by atoms with Gasteiger partial charge < -0.3 is 27.4 Å². The molecule has 29 heavy (non-hydrogen) atoms. The van der Waals surface area contributed by atoms with Gasteiger partial charge in [-0.15, -0.1) is 0 Å². The number of rotatable bonds is 5. The largest absolute Gasteiger partial charge is 0.353 e. The van der Waals surface area contributed by atoms with Crippen LogP contribution in [0.15, 0.2) is 0 Å². The van der Waals surface area contributed by atoms with Crippen molar-refractivity contribution < 1.29 is 14.4 Å². The van der Waals surface area contributed by atoms with Gasteiger partial charge >= 0.3 is 12.1 Å². The van der Waals surface area contributed by atoms with Crippen LogP contribution in [0.4, 0.5) is 9.59 Å². The van der Waals surface area contributed by atoms with Crippen LogP contribution in [-0.4, -0.2) is 36.1 Å². The SMILES string of the molecule is CCCC(=O)NC1CC[C@@H]2C3CCCC(NC(N)=O)CC3CC2C(NC(N)=O)C1. The zero-order chi connectivity index (χ0) is 21.0. The van der Waals surface area contributed by atoms with Crippen LogP contribution in [0.1, 0.15) is 71.1 Å². The molecule has 0 heterocycles. The smallest absolute Gasteiger partial charge is 0.312 e. The summed E-state index contributed by atoms with van der Waals surface area (Å²) in [6, 6.07) is -0.714. The summed E-state index contributed by atoms with van der Waals surface area (Å²) in [6.07, 6.45) is 9.32. The number of hydrogen-bond donors (Lipinski definition) is 5. The molecule has 3 saturated carbocycles. The summed E-state index contributed by atoms with van der Waals surface area (Å²) >= 11 is 0. The number of carbonyl (C=O) groups is 3. The van der Waals surface area contributed by atoms with Crippen LogP contribution >= 0.6 is 0 Å². The van der Waals surface area contributed by atoms with Gasteiger partial charge in [0.25, 0.3) is 0 Å². The first kappa shape index (κ1) is 21.7. The van der Waals surface area contributed by atoms with Gasteiger partial charge in [-0.3, -0.25) is 4.79 Å². The third-order valence-electron chi connectivity index (χ3n) is 7.38. The summed E-state index contributed by atoms with van der Waals surface area (Å²) < 4.78 is 0. The zero-order valence-corrected chi connectivity index (χ0v) is 17.5. The van der Waals surface area contributed by atoms with Crippen molar-refractivity contribution in [1.29, 1.82) is 0 Å². The maximum absolute atomic E-state index is 12.1. The Morgan fingerprint density at radius 1 is 0.793 bits per heavy atom. The second-order valence-electron chi connectivity index (χ2n) is 9.30. The average molecular weight is 408 g/mol. The highest BCUT2D eigenvalue weighted by Crippen LogP contribution is 2.52. The minimum Gasteiger partial charge on any atom is -0.353 e. The number of carbonyl (C=O) groups excluding carboxylic acids is 3. The van der Waals surface area contributed by atoms with Crippen molar-refractivity contribution in [3.05, 3.63) is 0 Å². The van der Waals surface area contributed by atoms with Crippen LogP contribution in [-0.2, 0) is 4.79 Å². The Labute approximate surface area is 173 Å². The molecule has 0 aromatic carbocycles. The first-order valence-electron chi connectivity index (χ1n) is 11.3. The summed E-state index contributed by atoms with van der Waals surface area (Å²) in [7, 11) is 0. The number of hydrogen-bond acceptors (Lipinski definition) is 3. The fourth-order valence-electron chi connectivity index (χ4n) is 6.39. The van der Waals surface area contributed by atoms with Crippen molar-refractivity contribution in [2.45, 2.75) is 89.3 Å². The minimum atomic E-state index is -0.491. The molecule has 0 spiro atoms. The van der Waals surface area contributed by atoms with E-state index in [1.54, 1.807) is 0 Å². The second kappa shape index (κ2) is 9.67. The molecule has 0 aromatic rings. The third-order valence-corrected chi connectivity index (χ3v) is 7.38. The van der Waals surface area contributed by atoms with Crippen LogP contribution < -0.4 is 27.4 Å². The summed E-state index contributed by atoms with van der Waals surface area (Å²) in [5.74, 6) is 2.12. The predicted octanol–water partition coefficient (Wildman–Crippen LogP) is 1.97. The van der Waals surface area contributed by atoms with Gasteiger partial charge in [0.15, 0.2) is 0 Å². The molecule has 0 saturated heterocycles. The average Bonchev–Trinajstić information content (AvgIpc) is 2.74. The molecule has 3 aliphatic rings. The molecule has 8 heteroatoms. The summed E-state index contributed by atoms with van der Waals surface area (Å²) in [6.45, 7) is 2.00. The van der Waals surface area contributed by atoms with Gasteiger partial charge in [-0.25, -0.2) is 9.59 Å². The fraction of sp³-hybridized carbons (Fsp3) is 0.857. The van der Waals surface area contributed by atoms with Crippen molar-refractivity contribution in [1.82, 2.24) is 16.0 Å². The van der Waals surface area contributed by atoms with Gasteiger partial charge in [-0.1, -0.05) is 13.3 Å². The van der Waals surface area contributed by atoms with Crippen molar-refractivity contribution >= 4 is 18.0 Å². The van der Waals surface area contributed by atoms with Crippen LogP contribution in [0.5, 0.6) is 0 Å². The number of nitrogens with two attached hydrogens (primary N) is 2. The van der Waals surface area contributed by atoms with Crippen molar-refractivity contribution in [3.8, 4) is 0 Å². The molecule has 0 aromatic heterocycles. The lowest BCUT2D eigenvalue weighted by molar-refractivity contribution is -0.121. The van der Waals surface area contributed by atoms with Crippen molar-refractivity contribution in [2.24, 2.45) is 35.1 Å². The number of nitrogens with one attached hydrogen (secondary N) is 3. The molecule has 3 aliphatic carbocycles. The molecule has 3 fully saturated rings. The second-order valence-corrected chi connectivity index (χ2v) is 9.30. The van der Waals surface area contributed by atoms with Crippen LogP contribution in [0.25, 0.3) is 0 Å². The fourth-order valence-corrected chi connectivity index (χ4v) is 6.39. The molecule has 0 radical (unpaired) electrons. The van der Waals surface area contributed by atoms with E-state index >= 15 is 0 Å². The van der Waals surface area contributed by atoms with E-state index in [-0.39, 0.29) is 24.0 Å². The topological polar surface area (TPSA) is 139 Å². The Morgan fingerprint density at radius 2 is 1.52 bits per heavy atom. The van der Waals surface area contributed by atoms with E-state index in [0.29, 0.717) is 30.1 Å². The Bertz CT molecular complexity index is 613. The molecular weight excluding hydrogens is 370 g/mol. The monoisotopic (exact) mass is 407 g/mol. The van der Waals surface area contributed by atoms with Crippen LogP contribution in [0.2, 0.25) is 0 Å². The highest BCUT2D eigenvalue weighted by molar-refractivity contribution is 5.76. The molecule has 6 unspecified atom stereocenters. The van der Waals surface area contributed by atoms with E-state index in [9.17, 15) is 14.4 Å². The highest BCUT2D eigenvalue weighted by Gasteiger charge is 2.49. The minimum absolute atomic E-state index is 0.0126. The maximum atomic E-state index is 12.1. The summed E-state index contributed by atoms with van der Waals surface area (Å²) in [5.41, 5.74) is 10.9. The normalized spacial score (nSPS) is 36.7. The van der Waals surface area contributed by atoms with Gasteiger partial charge in [-0.05, 0) is 75.0 Å². The molecule has 7 N–H and O–H groups in total. The lowest BCUT2D eigenvalue weighted by atomic mass is 9.80. The van der Waals surface area contributed by atoms with Crippen LogP contribution in [0, 0.1) is 23.7 Å². The number of primary amides is 2. The first-order chi connectivity index (χ1) is 13.9. The zero-order valence-electron chi connectivity index (χ0n) is 17.5. The molecule has 8 nitrogen and oxygen atoms in total. The van der Waals surface area contributed by atoms with E-state index in [1.165, 1.54) is 0 Å². The number of urea groups is 2. The lowest BCUT2D eigenvalue weighted by Gasteiger charge is -2.29. The Hall–Kier alpha value is -1.99. The quantitative estimate of drug-likeness (QED) is 0.476. The Balaban J connectivity index is 1.72. The van der Waals surface area contributed by atoms with Gasteiger partial charge in [0.2, 0.25) is 5.91 Å². The molecule has 7 atom stereocenters. The van der Waals surface area contributed by atoms with Gasteiger partial charge in [0.05, 0.1) is 0 Å². The van der Waals surface area contributed by atoms with Gasteiger partial charge in [-0.2, -0.15) is 0 Å². The van der Waals surface area contributed by atoms with Gasteiger partial charge in [0.1, 0.15) is 0 Å². The maximum Gasteiger partial charge on any atom is 0.312 e. The number of amides is 5. The standard InChI is InChI=1S/C21H37N5O3/c1-2-4-19(27)24-14-7-8-16-15-6-3-5-13(25-20(22)28)9-12(15)10-17(16)18(11-14)26-21(23)29/h12-18H,2-11H2,1H3,(H,24,27)(H3,22,25,28)(H3,23,26,29)/t12?,13?,14?,15?,16-,17?,18?/m1/s1. The summed E-state index contributed by atoms with van der Waals surface area (Å²) in [5, 5.41) is 9.08.